The average molecular weight is 295 g/mol. The fraction of sp³-hybridized carbons (Fsp3) is 0.375. The molecular weight excluding hydrogens is 279 g/mol. The molecule has 19 heavy (non-hydrogen) atoms. The molecule has 0 bridgehead atoms. The van der Waals surface area contributed by atoms with Crippen LogP contribution in [0.2, 0.25) is 5.02 Å². The molecule has 0 spiro atoms. The summed E-state index contributed by atoms with van der Waals surface area (Å²) in [6, 6.07) is 12.1. The van der Waals surface area contributed by atoms with Gasteiger partial charge < -0.3 is 4.74 Å². The van der Waals surface area contributed by atoms with Crippen LogP contribution in [0.3, 0.4) is 0 Å². The van der Waals surface area contributed by atoms with Gasteiger partial charge in [0.1, 0.15) is 0 Å². The van der Waals surface area contributed by atoms with E-state index in [1.165, 1.54) is 0 Å². The summed E-state index contributed by atoms with van der Waals surface area (Å²) in [4.78, 5) is 0. The van der Waals surface area contributed by atoms with E-state index in [-0.39, 0.29) is 5.38 Å². The normalized spacial score (nSPS) is 24.8. The molecule has 3 atom stereocenters. The second-order valence-corrected chi connectivity index (χ2v) is 6.10. The number of benzene rings is 2. The van der Waals surface area contributed by atoms with Crippen LogP contribution >= 0.6 is 23.2 Å². The van der Waals surface area contributed by atoms with Gasteiger partial charge in [-0.05, 0) is 30.4 Å². The lowest BCUT2D eigenvalue weighted by molar-refractivity contribution is 0.120. The minimum absolute atomic E-state index is 0.0212. The predicted octanol–water partition coefficient (Wildman–Crippen LogP) is 5.20. The molecule has 100 valence electrons. The fourth-order valence-electron chi connectivity index (χ4n) is 2.83. The second kappa shape index (κ2) is 5.32. The van der Waals surface area contributed by atoms with Crippen molar-refractivity contribution in [1.29, 1.82) is 0 Å². The van der Waals surface area contributed by atoms with Gasteiger partial charge in [0, 0.05) is 16.3 Å². The van der Waals surface area contributed by atoms with Crippen molar-refractivity contribution in [1.82, 2.24) is 0 Å². The molecule has 0 radical (unpaired) electrons. The van der Waals surface area contributed by atoms with E-state index < -0.39 is 0 Å². The lowest BCUT2D eigenvalue weighted by Gasteiger charge is -2.18. The zero-order valence-electron chi connectivity index (χ0n) is 10.8. The van der Waals surface area contributed by atoms with Crippen LogP contribution < -0.4 is 0 Å². The van der Waals surface area contributed by atoms with E-state index in [1.807, 2.05) is 30.3 Å². The molecule has 0 aromatic heterocycles. The van der Waals surface area contributed by atoms with Gasteiger partial charge in [0.2, 0.25) is 0 Å². The highest BCUT2D eigenvalue weighted by Gasteiger charge is 2.30. The summed E-state index contributed by atoms with van der Waals surface area (Å²) in [7, 11) is 0. The van der Waals surface area contributed by atoms with Crippen LogP contribution in [0.5, 0.6) is 0 Å². The van der Waals surface area contributed by atoms with E-state index in [0.29, 0.717) is 12.0 Å². The Morgan fingerprint density at radius 3 is 2.58 bits per heavy atom. The Hall–Kier alpha value is -0.760. The summed E-state index contributed by atoms with van der Waals surface area (Å²) in [5.41, 5.74) is 1.16. The summed E-state index contributed by atoms with van der Waals surface area (Å²) in [5.74, 6) is 0.376. The Morgan fingerprint density at radius 2 is 1.89 bits per heavy atom. The van der Waals surface area contributed by atoms with Crippen LogP contribution in [0.25, 0.3) is 10.8 Å². The molecule has 1 aliphatic heterocycles. The van der Waals surface area contributed by atoms with Gasteiger partial charge in [0.05, 0.1) is 18.1 Å². The zero-order chi connectivity index (χ0) is 13.4. The number of ether oxygens (including phenoxy) is 1. The van der Waals surface area contributed by atoms with E-state index in [0.717, 1.165) is 34.4 Å². The quantitative estimate of drug-likeness (QED) is 0.692. The van der Waals surface area contributed by atoms with E-state index >= 15 is 0 Å². The highest BCUT2D eigenvalue weighted by atomic mass is 35.5. The number of rotatable bonds is 2. The van der Waals surface area contributed by atoms with Crippen LogP contribution in [0.4, 0.5) is 0 Å². The van der Waals surface area contributed by atoms with Crippen molar-refractivity contribution >= 4 is 34.0 Å². The lowest BCUT2D eigenvalue weighted by atomic mass is 9.93. The third kappa shape index (κ3) is 2.47. The maximum Gasteiger partial charge on any atom is 0.0642 e. The summed E-state index contributed by atoms with van der Waals surface area (Å²) < 4.78 is 5.63. The van der Waals surface area contributed by atoms with Gasteiger partial charge in [-0.15, -0.1) is 11.6 Å². The zero-order valence-corrected chi connectivity index (χ0v) is 12.3. The van der Waals surface area contributed by atoms with Crippen molar-refractivity contribution in [3.05, 3.63) is 47.0 Å². The molecule has 0 saturated carbocycles. The third-order valence-corrected chi connectivity index (χ3v) is 4.77. The van der Waals surface area contributed by atoms with Gasteiger partial charge in [-0.2, -0.15) is 0 Å². The Morgan fingerprint density at radius 1 is 1.16 bits per heavy atom. The van der Waals surface area contributed by atoms with Gasteiger partial charge >= 0.3 is 0 Å². The fourth-order valence-corrected chi connectivity index (χ4v) is 3.43. The van der Waals surface area contributed by atoms with E-state index in [1.54, 1.807) is 0 Å². The molecule has 1 nitrogen and oxygen atoms in total. The van der Waals surface area contributed by atoms with E-state index in [2.05, 4.69) is 13.0 Å². The number of hydrogen-bond donors (Lipinski definition) is 0. The SMILES string of the molecule is CC1CC(C(Cl)c2ccc(Cl)c3ccccc23)CO1. The van der Waals surface area contributed by atoms with Crippen molar-refractivity contribution in [3.8, 4) is 0 Å². The Labute approximate surface area is 123 Å². The first-order valence-corrected chi connectivity index (χ1v) is 7.41. The molecule has 3 unspecified atom stereocenters. The number of halogens is 2. The average Bonchev–Trinajstić information content (AvgIpc) is 2.86. The second-order valence-electron chi connectivity index (χ2n) is 5.22. The first-order chi connectivity index (χ1) is 9.16. The molecule has 1 heterocycles. The van der Waals surface area contributed by atoms with Gasteiger partial charge in [0.25, 0.3) is 0 Å². The van der Waals surface area contributed by atoms with Gasteiger partial charge in [-0.1, -0.05) is 41.9 Å². The van der Waals surface area contributed by atoms with Gasteiger partial charge in [-0.3, -0.25) is 0 Å². The Kier molecular flexibility index (Phi) is 3.70. The van der Waals surface area contributed by atoms with Crippen molar-refractivity contribution < 1.29 is 4.74 Å². The molecule has 0 aliphatic carbocycles. The van der Waals surface area contributed by atoms with Crippen molar-refractivity contribution in [2.45, 2.75) is 24.8 Å². The van der Waals surface area contributed by atoms with Crippen LogP contribution in [-0.2, 0) is 4.74 Å². The molecule has 2 aromatic rings. The minimum Gasteiger partial charge on any atom is -0.378 e. The topological polar surface area (TPSA) is 9.23 Å². The smallest absolute Gasteiger partial charge is 0.0642 e. The van der Waals surface area contributed by atoms with Crippen molar-refractivity contribution in [2.24, 2.45) is 5.92 Å². The summed E-state index contributed by atoms with van der Waals surface area (Å²) in [6.45, 7) is 2.84. The van der Waals surface area contributed by atoms with Crippen molar-refractivity contribution in [2.75, 3.05) is 6.61 Å². The monoisotopic (exact) mass is 294 g/mol. The minimum atomic E-state index is -0.0212. The molecule has 3 heteroatoms. The molecular formula is C16H16Cl2O. The number of hydrogen-bond acceptors (Lipinski definition) is 1. The summed E-state index contributed by atoms with van der Waals surface area (Å²) >= 11 is 12.9. The Bertz CT molecular complexity index is 596. The largest absolute Gasteiger partial charge is 0.378 e. The molecule has 2 aromatic carbocycles. The van der Waals surface area contributed by atoms with Crippen LogP contribution in [0.15, 0.2) is 36.4 Å². The maximum atomic E-state index is 6.69. The van der Waals surface area contributed by atoms with Gasteiger partial charge in [-0.25, -0.2) is 0 Å². The first-order valence-electron chi connectivity index (χ1n) is 6.59. The third-order valence-electron chi connectivity index (χ3n) is 3.85. The standard InChI is InChI=1S/C16H16Cl2O/c1-10-8-11(9-19-10)16(18)14-6-7-15(17)13-5-3-2-4-12(13)14/h2-7,10-11,16H,8-9H2,1H3. The summed E-state index contributed by atoms with van der Waals surface area (Å²) in [6.07, 6.45) is 1.33. The summed E-state index contributed by atoms with van der Waals surface area (Å²) in [5, 5.41) is 2.97. The number of alkyl halides is 1. The van der Waals surface area contributed by atoms with E-state index in [4.69, 9.17) is 27.9 Å². The highest BCUT2D eigenvalue weighted by Crippen LogP contribution is 2.40. The van der Waals surface area contributed by atoms with E-state index in [9.17, 15) is 0 Å². The van der Waals surface area contributed by atoms with Gasteiger partial charge in [0.15, 0.2) is 0 Å². The first kappa shape index (κ1) is 13.2. The molecule has 0 N–H and O–H groups in total. The molecule has 0 amide bonds. The number of fused-ring (bicyclic) bond motifs is 1. The van der Waals surface area contributed by atoms with Crippen LogP contribution in [-0.4, -0.2) is 12.7 Å². The predicted molar refractivity (Wildman–Crippen MR) is 81.1 cm³/mol. The van der Waals surface area contributed by atoms with Crippen molar-refractivity contribution in [3.63, 3.8) is 0 Å². The van der Waals surface area contributed by atoms with Crippen LogP contribution in [0, 0.1) is 5.92 Å². The molecule has 1 aliphatic rings. The highest BCUT2D eigenvalue weighted by molar-refractivity contribution is 6.35. The molecule has 1 saturated heterocycles. The molecule has 3 rings (SSSR count). The lowest BCUT2D eigenvalue weighted by Crippen LogP contribution is -2.08. The van der Waals surface area contributed by atoms with Crippen LogP contribution in [0.1, 0.15) is 24.3 Å². The molecule has 1 fully saturated rings. The maximum absolute atomic E-state index is 6.69. The Balaban J connectivity index is 2.03.